The fourth-order valence-corrected chi connectivity index (χ4v) is 3.31. The van der Waals surface area contributed by atoms with Crippen LogP contribution in [0.5, 0.6) is 0 Å². The number of aromatic nitrogens is 3. The molecule has 5 heteroatoms. The van der Waals surface area contributed by atoms with Gasteiger partial charge in [-0.3, -0.25) is 5.10 Å². The van der Waals surface area contributed by atoms with Crippen molar-refractivity contribution in [2.75, 3.05) is 0 Å². The minimum absolute atomic E-state index is 0.193. The van der Waals surface area contributed by atoms with E-state index < -0.39 is 0 Å². The van der Waals surface area contributed by atoms with Gasteiger partial charge in [-0.25, -0.2) is 4.98 Å². The second-order valence-corrected chi connectivity index (χ2v) is 6.33. The van der Waals surface area contributed by atoms with Crippen LogP contribution < -0.4 is 0 Å². The molecule has 0 amide bonds. The molecule has 1 heterocycles. The van der Waals surface area contributed by atoms with E-state index in [0.717, 1.165) is 27.1 Å². The van der Waals surface area contributed by atoms with Crippen LogP contribution in [0.25, 0.3) is 11.4 Å². The van der Waals surface area contributed by atoms with Crippen LogP contribution in [0, 0.1) is 0 Å². The Bertz CT molecular complexity index is 727. The molecule has 0 aliphatic heterocycles. The van der Waals surface area contributed by atoms with Crippen LogP contribution in [0.15, 0.2) is 59.8 Å². The number of nitrogens with zero attached hydrogens (tertiary/aromatic N) is 2. The van der Waals surface area contributed by atoms with E-state index >= 15 is 0 Å². The minimum Gasteiger partial charge on any atom is -0.258 e. The van der Waals surface area contributed by atoms with Crippen molar-refractivity contribution < 1.29 is 0 Å². The molecule has 1 atom stereocenters. The van der Waals surface area contributed by atoms with Crippen molar-refractivity contribution in [2.45, 2.75) is 17.3 Å². The Hall–Kier alpha value is -1.78. The van der Waals surface area contributed by atoms with Crippen LogP contribution in [0.3, 0.4) is 0 Å². The maximum absolute atomic E-state index is 6.22. The highest BCUT2D eigenvalue weighted by molar-refractivity contribution is 7.99. The Kier molecular flexibility index (Phi) is 4.27. The molecule has 0 spiro atoms. The summed E-state index contributed by atoms with van der Waals surface area (Å²) < 4.78 is 0. The van der Waals surface area contributed by atoms with Gasteiger partial charge in [0.05, 0.1) is 0 Å². The second kappa shape index (κ2) is 6.33. The molecule has 0 bridgehead atoms. The summed E-state index contributed by atoms with van der Waals surface area (Å²) in [6, 6.07) is 17.8. The Morgan fingerprint density at radius 2 is 1.76 bits per heavy atom. The summed E-state index contributed by atoms with van der Waals surface area (Å²) in [5.41, 5.74) is 2.12. The summed E-state index contributed by atoms with van der Waals surface area (Å²) in [4.78, 5) is 4.53. The monoisotopic (exact) mass is 315 g/mol. The minimum atomic E-state index is 0.193. The third-order valence-corrected chi connectivity index (χ3v) is 4.48. The summed E-state index contributed by atoms with van der Waals surface area (Å²) in [6.45, 7) is 2.10. The molecule has 0 radical (unpaired) electrons. The Labute approximate surface area is 132 Å². The molecule has 21 heavy (non-hydrogen) atoms. The van der Waals surface area contributed by atoms with Crippen molar-refractivity contribution in [3.8, 4) is 11.4 Å². The molecule has 0 fully saturated rings. The first-order valence-corrected chi connectivity index (χ1v) is 7.88. The molecule has 0 aliphatic rings. The first-order chi connectivity index (χ1) is 10.2. The number of hydrogen-bond acceptors (Lipinski definition) is 3. The third kappa shape index (κ3) is 3.28. The number of rotatable bonds is 4. The van der Waals surface area contributed by atoms with E-state index in [0.29, 0.717) is 0 Å². The molecule has 106 valence electrons. The molecule has 3 nitrogen and oxygen atoms in total. The van der Waals surface area contributed by atoms with E-state index in [1.807, 2.05) is 54.6 Å². The number of nitrogens with one attached hydrogen (secondary N) is 1. The number of benzene rings is 2. The number of hydrogen-bond donors (Lipinski definition) is 1. The highest BCUT2D eigenvalue weighted by Crippen LogP contribution is 2.36. The van der Waals surface area contributed by atoms with Crippen molar-refractivity contribution >= 4 is 23.4 Å². The van der Waals surface area contributed by atoms with E-state index in [9.17, 15) is 0 Å². The second-order valence-electron chi connectivity index (χ2n) is 4.61. The molecular weight excluding hydrogens is 302 g/mol. The molecule has 1 N–H and O–H groups in total. The maximum Gasteiger partial charge on any atom is 0.209 e. The van der Waals surface area contributed by atoms with Crippen LogP contribution in [0.4, 0.5) is 0 Å². The van der Waals surface area contributed by atoms with E-state index in [4.69, 9.17) is 11.6 Å². The van der Waals surface area contributed by atoms with Gasteiger partial charge in [-0.2, -0.15) is 0 Å². The maximum atomic E-state index is 6.22. The molecule has 1 aromatic heterocycles. The normalized spacial score (nSPS) is 12.3. The lowest BCUT2D eigenvalue weighted by Crippen LogP contribution is -1.90. The van der Waals surface area contributed by atoms with Gasteiger partial charge in [0.2, 0.25) is 5.16 Å². The van der Waals surface area contributed by atoms with Gasteiger partial charge in [-0.1, -0.05) is 71.9 Å². The van der Waals surface area contributed by atoms with E-state index in [-0.39, 0.29) is 5.25 Å². The quantitative estimate of drug-likeness (QED) is 0.690. The zero-order chi connectivity index (χ0) is 14.7. The van der Waals surface area contributed by atoms with Crippen LogP contribution in [-0.2, 0) is 0 Å². The summed E-state index contributed by atoms with van der Waals surface area (Å²) in [5, 5.41) is 8.94. The number of halogens is 1. The van der Waals surface area contributed by atoms with Crippen molar-refractivity contribution in [3.05, 3.63) is 65.2 Å². The van der Waals surface area contributed by atoms with Crippen molar-refractivity contribution in [1.29, 1.82) is 0 Å². The predicted octanol–water partition coefficient (Wildman–Crippen LogP) is 4.98. The summed E-state index contributed by atoms with van der Waals surface area (Å²) in [5.74, 6) is 0.782. The van der Waals surface area contributed by atoms with Gasteiger partial charge >= 0.3 is 0 Å². The SMILES string of the molecule is C[C@@H](Sc1n[nH]c(-c2ccccc2)n1)c1ccccc1Cl. The smallest absolute Gasteiger partial charge is 0.209 e. The zero-order valence-corrected chi connectivity index (χ0v) is 13.0. The molecule has 0 aliphatic carbocycles. The van der Waals surface area contributed by atoms with Gasteiger partial charge in [0.1, 0.15) is 0 Å². The van der Waals surface area contributed by atoms with Gasteiger partial charge in [0, 0.05) is 15.8 Å². The fourth-order valence-electron chi connectivity index (χ4n) is 2.05. The Morgan fingerprint density at radius 3 is 2.52 bits per heavy atom. The molecule has 3 rings (SSSR count). The van der Waals surface area contributed by atoms with Gasteiger partial charge in [-0.05, 0) is 18.6 Å². The average molecular weight is 316 g/mol. The number of aromatic amines is 1. The fraction of sp³-hybridized carbons (Fsp3) is 0.125. The van der Waals surface area contributed by atoms with E-state index in [2.05, 4.69) is 22.1 Å². The lowest BCUT2D eigenvalue weighted by molar-refractivity contribution is 0.960. The van der Waals surface area contributed by atoms with Crippen LogP contribution in [0.1, 0.15) is 17.7 Å². The Morgan fingerprint density at radius 1 is 1.05 bits per heavy atom. The molecule has 0 saturated carbocycles. The van der Waals surface area contributed by atoms with Gasteiger partial charge in [-0.15, -0.1) is 5.10 Å². The third-order valence-electron chi connectivity index (χ3n) is 3.14. The standard InChI is InChI=1S/C16H14ClN3S/c1-11(13-9-5-6-10-14(13)17)21-16-18-15(19-20-16)12-7-3-2-4-8-12/h2-11H,1H3,(H,18,19,20)/t11-/m1/s1. The molecule has 2 aromatic carbocycles. The predicted molar refractivity (Wildman–Crippen MR) is 87.5 cm³/mol. The van der Waals surface area contributed by atoms with E-state index in [1.165, 1.54) is 0 Å². The first kappa shape index (κ1) is 14.2. The summed E-state index contributed by atoms with van der Waals surface area (Å²) in [7, 11) is 0. The zero-order valence-electron chi connectivity index (χ0n) is 11.5. The lowest BCUT2D eigenvalue weighted by Gasteiger charge is -2.10. The van der Waals surface area contributed by atoms with Crippen molar-refractivity contribution in [3.63, 3.8) is 0 Å². The summed E-state index contributed by atoms with van der Waals surface area (Å²) in [6.07, 6.45) is 0. The van der Waals surface area contributed by atoms with Crippen LogP contribution >= 0.6 is 23.4 Å². The van der Waals surface area contributed by atoms with Crippen molar-refractivity contribution in [1.82, 2.24) is 15.2 Å². The lowest BCUT2D eigenvalue weighted by atomic mass is 10.2. The Balaban J connectivity index is 1.77. The largest absolute Gasteiger partial charge is 0.258 e. The number of H-pyrrole nitrogens is 1. The van der Waals surface area contributed by atoms with Crippen molar-refractivity contribution in [2.24, 2.45) is 0 Å². The molecule has 3 aromatic rings. The summed E-state index contributed by atoms with van der Waals surface area (Å²) >= 11 is 7.81. The van der Waals surface area contributed by atoms with Crippen LogP contribution in [0.2, 0.25) is 5.02 Å². The van der Waals surface area contributed by atoms with Gasteiger partial charge < -0.3 is 0 Å². The van der Waals surface area contributed by atoms with E-state index in [1.54, 1.807) is 11.8 Å². The highest BCUT2D eigenvalue weighted by Gasteiger charge is 2.14. The average Bonchev–Trinajstić information content (AvgIpc) is 2.97. The molecule has 0 saturated heterocycles. The van der Waals surface area contributed by atoms with Crippen LogP contribution in [-0.4, -0.2) is 15.2 Å². The van der Waals surface area contributed by atoms with Gasteiger partial charge in [0.25, 0.3) is 0 Å². The molecule has 0 unspecified atom stereocenters. The highest BCUT2D eigenvalue weighted by atomic mass is 35.5. The number of thioether (sulfide) groups is 1. The molecular formula is C16H14ClN3S. The first-order valence-electron chi connectivity index (χ1n) is 6.63. The topological polar surface area (TPSA) is 41.6 Å². The van der Waals surface area contributed by atoms with Gasteiger partial charge in [0.15, 0.2) is 5.82 Å².